The number of amides is 1. The van der Waals surface area contributed by atoms with E-state index >= 15 is 0 Å². The third kappa shape index (κ3) is 6.39. The SMILES string of the molecule is Cc1cccc(N2CCN(CC(=O)Nc3ccccc3OCC(F)(F)F)CC2)c1. The van der Waals surface area contributed by atoms with Gasteiger partial charge >= 0.3 is 6.18 Å². The Hall–Kier alpha value is -2.74. The predicted octanol–water partition coefficient (Wildman–Crippen LogP) is 3.70. The average Bonchev–Trinajstić information content (AvgIpc) is 2.67. The molecule has 5 nitrogen and oxygen atoms in total. The summed E-state index contributed by atoms with van der Waals surface area (Å²) in [7, 11) is 0. The largest absolute Gasteiger partial charge is 0.482 e. The van der Waals surface area contributed by atoms with E-state index < -0.39 is 12.8 Å². The first-order valence-electron chi connectivity index (χ1n) is 9.42. The van der Waals surface area contributed by atoms with Crippen LogP contribution in [-0.2, 0) is 4.79 Å². The maximum Gasteiger partial charge on any atom is 0.422 e. The van der Waals surface area contributed by atoms with Crippen LogP contribution in [0.4, 0.5) is 24.5 Å². The number of rotatable bonds is 6. The van der Waals surface area contributed by atoms with Crippen molar-refractivity contribution in [3.8, 4) is 5.75 Å². The van der Waals surface area contributed by atoms with Crippen molar-refractivity contribution in [3.63, 3.8) is 0 Å². The van der Waals surface area contributed by atoms with E-state index in [-0.39, 0.29) is 23.9 Å². The van der Waals surface area contributed by atoms with Gasteiger partial charge in [0.2, 0.25) is 5.91 Å². The van der Waals surface area contributed by atoms with Crippen LogP contribution in [0.15, 0.2) is 48.5 Å². The number of para-hydroxylation sites is 2. The Labute approximate surface area is 168 Å². The third-order valence-corrected chi connectivity index (χ3v) is 4.66. The van der Waals surface area contributed by atoms with Crippen molar-refractivity contribution in [1.82, 2.24) is 4.90 Å². The molecule has 1 aliphatic rings. The lowest BCUT2D eigenvalue weighted by molar-refractivity contribution is -0.153. The van der Waals surface area contributed by atoms with Crippen molar-refractivity contribution in [2.75, 3.05) is 49.5 Å². The van der Waals surface area contributed by atoms with Crippen molar-refractivity contribution in [3.05, 3.63) is 54.1 Å². The quantitative estimate of drug-likeness (QED) is 0.793. The molecule has 0 aliphatic carbocycles. The van der Waals surface area contributed by atoms with Crippen LogP contribution in [0.25, 0.3) is 0 Å². The second-order valence-electron chi connectivity index (χ2n) is 7.05. The first-order valence-corrected chi connectivity index (χ1v) is 9.42. The van der Waals surface area contributed by atoms with E-state index in [4.69, 9.17) is 4.74 Å². The molecule has 1 N–H and O–H groups in total. The van der Waals surface area contributed by atoms with Crippen molar-refractivity contribution in [2.45, 2.75) is 13.1 Å². The van der Waals surface area contributed by atoms with E-state index in [0.717, 1.165) is 26.2 Å². The second-order valence-corrected chi connectivity index (χ2v) is 7.05. The highest BCUT2D eigenvalue weighted by atomic mass is 19.4. The zero-order chi connectivity index (χ0) is 20.9. The molecule has 0 aromatic heterocycles. The molecule has 8 heteroatoms. The summed E-state index contributed by atoms with van der Waals surface area (Å²) in [6, 6.07) is 14.4. The first kappa shape index (κ1) is 21.0. The topological polar surface area (TPSA) is 44.8 Å². The molecule has 0 atom stereocenters. The Morgan fingerprint density at radius 3 is 2.48 bits per heavy atom. The molecule has 1 heterocycles. The molecule has 1 amide bonds. The van der Waals surface area contributed by atoms with Gasteiger partial charge in [-0.3, -0.25) is 9.69 Å². The number of nitrogens with zero attached hydrogens (tertiary/aromatic N) is 2. The monoisotopic (exact) mass is 407 g/mol. The number of aryl methyl sites for hydroxylation is 1. The van der Waals surface area contributed by atoms with Gasteiger partial charge in [-0.2, -0.15) is 13.2 Å². The fourth-order valence-corrected chi connectivity index (χ4v) is 3.24. The summed E-state index contributed by atoms with van der Waals surface area (Å²) < 4.78 is 42.0. The summed E-state index contributed by atoms with van der Waals surface area (Å²) in [4.78, 5) is 16.7. The molecule has 0 spiro atoms. The average molecular weight is 407 g/mol. The van der Waals surface area contributed by atoms with Gasteiger partial charge in [0, 0.05) is 31.9 Å². The fraction of sp³-hybridized carbons (Fsp3) is 0.381. The summed E-state index contributed by atoms with van der Waals surface area (Å²) in [5.74, 6) is -0.278. The number of benzene rings is 2. The molecule has 3 rings (SSSR count). The van der Waals surface area contributed by atoms with Crippen LogP contribution in [0, 0.1) is 6.92 Å². The summed E-state index contributed by atoms with van der Waals surface area (Å²) >= 11 is 0. The van der Waals surface area contributed by atoms with E-state index in [1.807, 2.05) is 11.0 Å². The van der Waals surface area contributed by atoms with Gasteiger partial charge in [-0.1, -0.05) is 24.3 Å². The Balaban J connectivity index is 1.51. The minimum atomic E-state index is -4.44. The van der Waals surface area contributed by atoms with Crippen LogP contribution in [0.2, 0.25) is 0 Å². The first-order chi connectivity index (χ1) is 13.8. The molecular weight excluding hydrogens is 383 g/mol. The van der Waals surface area contributed by atoms with Gasteiger partial charge in [0.05, 0.1) is 12.2 Å². The van der Waals surface area contributed by atoms with Gasteiger partial charge < -0.3 is 15.0 Å². The molecule has 2 aromatic rings. The highest BCUT2D eigenvalue weighted by molar-refractivity contribution is 5.93. The zero-order valence-electron chi connectivity index (χ0n) is 16.2. The predicted molar refractivity (Wildman–Crippen MR) is 106 cm³/mol. The maximum absolute atomic E-state index is 12.4. The van der Waals surface area contributed by atoms with Crippen LogP contribution < -0.4 is 15.0 Å². The number of halogens is 3. The number of ether oxygens (including phenoxy) is 1. The molecule has 29 heavy (non-hydrogen) atoms. The van der Waals surface area contributed by atoms with Gasteiger partial charge in [0.1, 0.15) is 5.75 Å². The van der Waals surface area contributed by atoms with Gasteiger partial charge in [-0.05, 0) is 36.8 Å². The van der Waals surface area contributed by atoms with E-state index in [1.165, 1.54) is 23.4 Å². The fourth-order valence-electron chi connectivity index (χ4n) is 3.24. The summed E-state index contributed by atoms with van der Waals surface area (Å²) in [6.07, 6.45) is -4.44. The second kappa shape index (κ2) is 9.17. The van der Waals surface area contributed by atoms with Crippen LogP contribution in [0.3, 0.4) is 0 Å². The molecule has 0 radical (unpaired) electrons. The minimum Gasteiger partial charge on any atom is -0.482 e. The number of anilines is 2. The van der Waals surface area contributed by atoms with Crippen LogP contribution in [-0.4, -0.2) is 56.3 Å². The van der Waals surface area contributed by atoms with Crippen molar-refractivity contribution in [2.24, 2.45) is 0 Å². The van der Waals surface area contributed by atoms with E-state index in [0.29, 0.717) is 0 Å². The van der Waals surface area contributed by atoms with Gasteiger partial charge in [0.25, 0.3) is 0 Å². The Bertz CT molecular complexity index is 834. The number of piperazine rings is 1. The minimum absolute atomic E-state index is 0.00226. The molecular formula is C21H24F3N3O2. The summed E-state index contributed by atoms with van der Waals surface area (Å²) in [5.41, 5.74) is 2.61. The van der Waals surface area contributed by atoms with Gasteiger partial charge in [-0.25, -0.2) is 0 Å². The van der Waals surface area contributed by atoms with Crippen LogP contribution in [0.1, 0.15) is 5.56 Å². The number of carbonyl (C=O) groups is 1. The maximum atomic E-state index is 12.4. The lowest BCUT2D eigenvalue weighted by Crippen LogP contribution is -2.48. The smallest absolute Gasteiger partial charge is 0.422 e. The van der Waals surface area contributed by atoms with Crippen LogP contribution >= 0.6 is 0 Å². The molecule has 1 aliphatic heterocycles. The van der Waals surface area contributed by atoms with Gasteiger partial charge in [0.15, 0.2) is 6.61 Å². The number of alkyl halides is 3. The number of carbonyl (C=O) groups excluding carboxylic acids is 1. The Morgan fingerprint density at radius 1 is 1.07 bits per heavy atom. The lowest BCUT2D eigenvalue weighted by Gasteiger charge is -2.35. The van der Waals surface area contributed by atoms with E-state index in [9.17, 15) is 18.0 Å². The molecule has 156 valence electrons. The van der Waals surface area contributed by atoms with E-state index in [1.54, 1.807) is 12.1 Å². The summed E-state index contributed by atoms with van der Waals surface area (Å²) in [6.45, 7) is 3.90. The highest BCUT2D eigenvalue weighted by Crippen LogP contribution is 2.26. The molecule has 0 saturated carbocycles. The molecule has 1 saturated heterocycles. The Kier molecular flexibility index (Phi) is 6.64. The molecule has 0 unspecified atom stereocenters. The number of hydrogen-bond donors (Lipinski definition) is 1. The highest BCUT2D eigenvalue weighted by Gasteiger charge is 2.29. The van der Waals surface area contributed by atoms with Gasteiger partial charge in [-0.15, -0.1) is 0 Å². The van der Waals surface area contributed by atoms with Crippen LogP contribution in [0.5, 0.6) is 5.75 Å². The molecule has 2 aromatic carbocycles. The number of nitrogens with one attached hydrogen (secondary N) is 1. The number of hydrogen-bond acceptors (Lipinski definition) is 4. The van der Waals surface area contributed by atoms with Crippen molar-refractivity contribution < 1.29 is 22.7 Å². The van der Waals surface area contributed by atoms with E-state index in [2.05, 4.69) is 35.3 Å². The van der Waals surface area contributed by atoms with Crippen molar-refractivity contribution >= 4 is 17.3 Å². The normalized spacial score (nSPS) is 15.2. The molecule has 1 fully saturated rings. The summed E-state index contributed by atoms with van der Waals surface area (Å²) in [5, 5.41) is 2.66. The van der Waals surface area contributed by atoms with Crippen molar-refractivity contribution in [1.29, 1.82) is 0 Å². The zero-order valence-corrected chi connectivity index (χ0v) is 16.2. The molecule has 0 bridgehead atoms. The lowest BCUT2D eigenvalue weighted by atomic mass is 10.2. The standard InChI is InChI=1S/C21H24F3N3O2/c1-16-5-4-6-17(13-16)27-11-9-26(10-12-27)14-20(28)25-18-7-2-3-8-19(18)29-15-21(22,23)24/h2-8,13H,9-12,14-15H2,1H3,(H,25,28). The third-order valence-electron chi connectivity index (χ3n) is 4.66. The Morgan fingerprint density at radius 2 is 1.79 bits per heavy atom.